The van der Waals surface area contributed by atoms with Crippen molar-refractivity contribution in [2.45, 2.75) is 31.6 Å². The largest absolute Gasteiger partial charge is 0.207 e. The van der Waals surface area contributed by atoms with Gasteiger partial charge in [-0.1, -0.05) is 56.6 Å². The van der Waals surface area contributed by atoms with E-state index in [1.165, 1.54) is 17.7 Å². The molecule has 0 saturated carbocycles. The molecule has 106 valence electrons. The van der Waals surface area contributed by atoms with E-state index in [9.17, 15) is 4.39 Å². The van der Waals surface area contributed by atoms with Crippen molar-refractivity contribution < 1.29 is 4.39 Å². The first-order valence-corrected chi connectivity index (χ1v) is 7.30. The maximum absolute atomic E-state index is 13.8. The highest BCUT2D eigenvalue weighted by molar-refractivity contribution is 6.30. The second kappa shape index (κ2) is 5.75. The highest BCUT2D eigenvalue weighted by Crippen LogP contribution is 2.33. The normalized spacial score (nSPS) is 13.3. The van der Waals surface area contributed by atoms with Gasteiger partial charge in [-0.15, -0.1) is 11.6 Å². The maximum atomic E-state index is 13.8. The molecule has 0 nitrogen and oxygen atoms in total. The Hall–Kier alpha value is -1.05. The van der Waals surface area contributed by atoms with E-state index in [0.717, 1.165) is 5.56 Å². The highest BCUT2D eigenvalue weighted by atomic mass is 35.5. The van der Waals surface area contributed by atoms with Crippen molar-refractivity contribution in [3.63, 3.8) is 0 Å². The van der Waals surface area contributed by atoms with E-state index in [1.54, 1.807) is 6.07 Å². The van der Waals surface area contributed by atoms with Crippen LogP contribution in [0, 0.1) is 5.82 Å². The molecular formula is C17H17Cl2F. The minimum Gasteiger partial charge on any atom is -0.207 e. The minimum absolute atomic E-state index is 0.0850. The molecule has 1 atom stereocenters. The number of alkyl halides is 1. The summed E-state index contributed by atoms with van der Waals surface area (Å²) >= 11 is 12.3. The predicted octanol–water partition coefficient (Wildman–Crippen LogP) is 6.10. The molecule has 2 rings (SSSR count). The van der Waals surface area contributed by atoms with Crippen molar-refractivity contribution >= 4 is 23.2 Å². The molecule has 0 saturated heterocycles. The molecule has 2 aromatic rings. The van der Waals surface area contributed by atoms with Crippen LogP contribution in [-0.2, 0) is 5.41 Å². The van der Waals surface area contributed by atoms with Crippen LogP contribution < -0.4 is 0 Å². The SMILES string of the molecule is CC(C)(C)c1ccc(C(Cl)c2cc(Cl)ccc2F)cc1. The third-order valence-electron chi connectivity index (χ3n) is 3.30. The maximum Gasteiger partial charge on any atom is 0.128 e. The first-order chi connectivity index (χ1) is 9.29. The Labute approximate surface area is 129 Å². The molecule has 0 spiro atoms. The number of hydrogen-bond donors (Lipinski definition) is 0. The summed E-state index contributed by atoms with van der Waals surface area (Å²) in [5.41, 5.74) is 2.57. The van der Waals surface area contributed by atoms with Gasteiger partial charge in [-0.05, 0) is 34.7 Å². The Morgan fingerprint density at radius 3 is 2.15 bits per heavy atom. The lowest BCUT2D eigenvalue weighted by atomic mass is 9.86. The zero-order valence-corrected chi connectivity index (χ0v) is 13.3. The summed E-state index contributed by atoms with van der Waals surface area (Å²) in [5, 5.41) is -0.0546. The number of benzene rings is 2. The average molecular weight is 311 g/mol. The number of halogens is 3. The van der Waals surface area contributed by atoms with Gasteiger partial charge in [0.15, 0.2) is 0 Å². The van der Waals surface area contributed by atoms with Gasteiger partial charge in [0, 0.05) is 10.6 Å². The number of rotatable bonds is 2. The summed E-state index contributed by atoms with van der Waals surface area (Å²) in [6.45, 7) is 6.45. The van der Waals surface area contributed by atoms with Gasteiger partial charge in [0.05, 0.1) is 5.38 Å². The number of hydrogen-bond acceptors (Lipinski definition) is 0. The summed E-state index contributed by atoms with van der Waals surface area (Å²) in [5.74, 6) is -0.339. The zero-order chi connectivity index (χ0) is 14.9. The Morgan fingerprint density at radius 2 is 1.60 bits per heavy atom. The molecule has 20 heavy (non-hydrogen) atoms. The zero-order valence-electron chi connectivity index (χ0n) is 11.8. The van der Waals surface area contributed by atoms with E-state index in [4.69, 9.17) is 23.2 Å². The molecule has 2 aromatic carbocycles. The Morgan fingerprint density at radius 1 is 1.00 bits per heavy atom. The molecular weight excluding hydrogens is 294 g/mol. The van der Waals surface area contributed by atoms with Crippen LogP contribution in [-0.4, -0.2) is 0 Å². The van der Waals surface area contributed by atoms with Crippen LogP contribution in [0.2, 0.25) is 5.02 Å². The van der Waals surface area contributed by atoms with Gasteiger partial charge in [-0.25, -0.2) is 4.39 Å². The van der Waals surface area contributed by atoms with Crippen molar-refractivity contribution in [1.82, 2.24) is 0 Å². The lowest BCUT2D eigenvalue weighted by molar-refractivity contribution is 0.589. The monoisotopic (exact) mass is 310 g/mol. The quantitative estimate of drug-likeness (QED) is 0.587. The Bertz CT molecular complexity index is 597. The molecule has 0 aliphatic heterocycles. The summed E-state index contributed by atoms with van der Waals surface area (Å²) in [6.07, 6.45) is 0. The first-order valence-electron chi connectivity index (χ1n) is 6.48. The van der Waals surface area contributed by atoms with Crippen molar-refractivity contribution in [2.24, 2.45) is 0 Å². The van der Waals surface area contributed by atoms with Gasteiger partial charge in [-0.2, -0.15) is 0 Å². The molecule has 0 aliphatic carbocycles. The fourth-order valence-electron chi connectivity index (χ4n) is 2.04. The van der Waals surface area contributed by atoms with Gasteiger partial charge >= 0.3 is 0 Å². The molecule has 0 N–H and O–H groups in total. The standard InChI is InChI=1S/C17H17Cl2F/c1-17(2,3)12-6-4-11(5-7-12)16(19)14-10-13(18)8-9-15(14)20/h4-10,16H,1-3H3. The van der Waals surface area contributed by atoms with Gasteiger partial charge in [0.25, 0.3) is 0 Å². The molecule has 0 aromatic heterocycles. The van der Waals surface area contributed by atoms with E-state index >= 15 is 0 Å². The van der Waals surface area contributed by atoms with Crippen LogP contribution in [0.5, 0.6) is 0 Å². The third kappa shape index (κ3) is 3.34. The molecule has 0 radical (unpaired) electrons. The first kappa shape index (κ1) is 15.3. The minimum atomic E-state index is -0.539. The molecule has 0 fully saturated rings. The van der Waals surface area contributed by atoms with Gasteiger partial charge in [0.1, 0.15) is 5.82 Å². The topological polar surface area (TPSA) is 0 Å². The van der Waals surface area contributed by atoms with Crippen molar-refractivity contribution in [3.8, 4) is 0 Å². The van der Waals surface area contributed by atoms with Crippen molar-refractivity contribution in [2.75, 3.05) is 0 Å². The van der Waals surface area contributed by atoms with Gasteiger partial charge < -0.3 is 0 Å². The fraction of sp³-hybridized carbons (Fsp3) is 0.294. The smallest absolute Gasteiger partial charge is 0.128 e. The van der Waals surface area contributed by atoms with E-state index in [2.05, 4.69) is 20.8 Å². The average Bonchev–Trinajstić information content (AvgIpc) is 2.40. The molecule has 0 heterocycles. The third-order valence-corrected chi connectivity index (χ3v) is 4.02. The van der Waals surface area contributed by atoms with Crippen LogP contribution >= 0.6 is 23.2 Å². The summed E-state index contributed by atoms with van der Waals surface area (Å²) < 4.78 is 13.8. The fourth-order valence-corrected chi connectivity index (χ4v) is 2.53. The summed E-state index contributed by atoms with van der Waals surface area (Å²) in [7, 11) is 0. The van der Waals surface area contributed by atoms with Crippen LogP contribution in [0.25, 0.3) is 0 Å². The summed E-state index contributed by atoms with van der Waals surface area (Å²) in [4.78, 5) is 0. The Balaban J connectivity index is 2.34. The van der Waals surface area contributed by atoms with Gasteiger partial charge in [0.2, 0.25) is 0 Å². The van der Waals surface area contributed by atoms with Crippen LogP contribution in [0.1, 0.15) is 42.8 Å². The van der Waals surface area contributed by atoms with Crippen LogP contribution in [0.15, 0.2) is 42.5 Å². The second-order valence-corrected chi connectivity index (χ2v) is 6.77. The highest BCUT2D eigenvalue weighted by Gasteiger charge is 2.18. The van der Waals surface area contributed by atoms with Crippen molar-refractivity contribution in [3.05, 3.63) is 70.0 Å². The van der Waals surface area contributed by atoms with E-state index in [0.29, 0.717) is 10.6 Å². The second-order valence-electron chi connectivity index (χ2n) is 5.90. The lowest BCUT2D eigenvalue weighted by Crippen LogP contribution is -2.10. The Kier molecular flexibility index (Phi) is 4.41. The molecule has 0 amide bonds. The van der Waals surface area contributed by atoms with E-state index in [-0.39, 0.29) is 11.2 Å². The molecule has 3 heteroatoms. The molecule has 0 aliphatic rings. The molecule has 0 bridgehead atoms. The van der Waals surface area contributed by atoms with Crippen molar-refractivity contribution in [1.29, 1.82) is 0 Å². The van der Waals surface area contributed by atoms with Gasteiger partial charge in [-0.3, -0.25) is 0 Å². The molecule has 1 unspecified atom stereocenters. The van der Waals surface area contributed by atoms with Crippen LogP contribution in [0.4, 0.5) is 4.39 Å². The lowest BCUT2D eigenvalue weighted by Gasteiger charge is -2.20. The van der Waals surface area contributed by atoms with Crippen LogP contribution in [0.3, 0.4) is 0 Å². The van der Waals surface area contributed by atoms with E-state index in [1.807, 2.05) is 24.3 Å². The predicted molar refractivity (Wildman–Crippen MR) is 84.2 cm³/mol. The summed E-state index contributed by atoms with van der Waals surface area (Å²) in [6, 6.07) is 12.4. The van der Waals surface area contributed by atoms with E-state index < -0.39 is 5.38 Å².